The number of ether oxygens (including phenoxy) is 1. The van der Waals surface area contributed by atoms with Crippen LogP contribution in [0.1, 0.15) is 59.9 Å². The molecule has 2 amide bonds. The highest BCUT2D eigenvalue weighted by molar-refractivity contribution is 7.99. The van der Waals surface area contributed by atoms with Crippen molar-refractivity contribution < 1.29 is 19.1 Å². The van der Waals surface area contributed by atoms with Crippen LogP contribution in [0.15, 0.2) is 78.9 Å². The Balaban J connectivity index is 1.30. The minimum Gasteiger partial charge on any atom is -0.460 e. The minimum absolute atomic E-state index is 0.0545. The van der Waals surface area contributed by atoms with E-state index >= 15 is 0 Å². The third-order valence-electron chi connectivity index (χ3n) is 7.23. The number of carbonyl (C=O) groups is 3. The third-order valence-corrected chi connectivity index (χ3v) is 8.69. The lowest BCUT2D eigenvalue weighted by Gasteiger charge is -2.29. The molecule has 3 aromatic carbocycles. The van der Waals surface area contributed by atoms with Gasteiger partial charge in [-0.15, -0.1) is 0 Å². The summed E-state index contributed by atoms with van der Waals surface area (Å²) in [5, 5.41) is 0.0545. The first-order valence-electron chi connectivity index (χ1n) is 13.2. The average Bonchev–Trinajstić information content (AvgIpc) is 3.42. The van der Waals surface area contributed by atoms with Gasteiger partial charge in [0.2, 0.25) is 0 Å². The van der Waals surface area contributed by atoms with Gasteiger partial charge in [-0.05, 0) is 68.4 Å². The number of hydrogen-bond acceptors (Lipinski definition) is 5. The van der Waals surface area contributed by atoms with Crippen molar-refractivity contribution in [2.75, 3.05) is 6.54 Å². The second kappa shape index (κ2) is 10.8. The first-order valence-corrected chi connectivity index (χ1v) is 14.2. The summed E-state index contributed by atoms with van der Waals surface area (Å²) in [6.45, 7) is 5.85. The number of benzene rings is 3. The molecule has 1 saturated carbocycles. The topological polar surface area (TPSA) is 63.7 Å². The molecule has 0 saturated heterocycles. The molecule has 196 valence electrons. The normalized spacial score (nSPS) is 21.0. The summed E-state index contributed by atoms with van der Waals surface area (Å²) in [5.41, 5.74) is 3.82. The van der Waals surface area contributed by atoms with Crippen LogP contribution < -0.4 is 0 Å². The summed E-state index contributed by atoms with van der Waals surface area (Å²) in [7, 11) is 0. The molecule has 5 nitrogen and oxygen atoms in total. The molecule has 1 aliphatic carbocycles. The Labute approximate surface area is 228 Å². The molecule has 0 radical (unpaired) electrons. The van der Waals surface area contributed by atoms with Crippen molar-refractivity contribution in [3.63, 3.8) is 0 Å². The molecule has 3 atom stereocenters. The van der Waals surface area contributed by atoms with Gasteiger partial charge >= 0.3 is 5.97 Å². The van der Waals surface area contributed by atoms with E-state index in [1.165, 1.54) is 21.6 Å². The zero-order chi connectivity index (χ0) is 26.9. The van der Waals surface area contributed by atoms with Crippen molar-refractivity contribution in [3.05, 3.63) is 95.6 Å². The second-order valence-electron chi connectivity index (χ2n) is 11.1. The predicted octanol–water partition coefficient (Wildman–Crippen LogP) is 6.62. The van der Waals surface area contributed by atoms with Crippen molar-refractivity contribution in [2.45, 2.75) is 50.2 Å². The number of esters is 1. The molecule has 38 heavy (non-hydrogen) atoms. The van der Waals surface area contributed by atoms with E-state index in [4.69, 9.17) is 4.74 Å². The fourth-order valence-corrected chi connectivity index (χ4v) is 6.86. The fraction of sp³-hybridized carbons (Fsp3) is 0.344. The predicted molar refractivity (Wildman–Crippen MR) is 151 cm³/mol. The van der Waals surface area contributed by atoms with Crippen LogP contribution in [-0.2, 0) is 15.3 Å². The van der Waals surface area contributed by atoms with E-state index < -0.39 is 5.60 Å². The van der Waals surface area contributed by atoms with Crippen molar-refractivity contribution in [1.82, 2.24) is 4.90 Å². The van der Waals surface area contributed by atoms with Gasteiger partial charge in [0.05, 0.1) is 17.0 Å². The number of fused-ring (bicyclic) bond motifs is 1. The summed E-state index contributed by atoms with van der Waals surface area (Å²) in [6, 6.07) is 25.8. The number of hydrogen-bond donors (Lipinski definition) is 0. The van der Waals surface area contributed by atoms with Crippen LogP contribution in [0.2, 0.25) is 0 Å². The summed E-state index contributed by atoms with van der Waals surface area (Å²) in [5.74, 6) is -0.532. The van der Waals surface area contributed by atoms with Gasteiger partial charge in [0, 0.05) is 17.5 Å². The summed E-state index contributed by atoms with van der Waals surface area (Å²) in [4.78, 5) is 40.8. The van der Waals surface area contributed by atoms with Gasteiger partial charge in [0.1, 0.15) is 5.60 Å². The Morgan fingerprint density at radius 1 is 0.842 bits per heavy atom. The van der Waals surface area contributed by atoms with E-state index in [0.29, 0.717) is 11.1 Å². The molecular weight excluding hydrogens is 494 g/mol. The Morgan fingerprint density at radius 3 is 2.03 bits per heavy atom. The second-order valence-corrected chi connectivity index (χ2v) is 12.3. The first-order chi connectivity index (χ1) is 18.2. The van der Waals surface area contributed by atoms with Crippen LogP contribution in [0.3, 0.4) is 0 Å². The Bertz CT molecular complexity index is 1290. The fourth-order valence-electron chi connectivity index (χ4n) is 5.41. The van der Waals surface area contributed by atoms with Crippen LogP contribution in [0, 0.1) is 11.8 Å². The molecular formula is C32H33NO4S. The monoisotopic (exact) mass is 527 g/mol. The molecule has 6 heteroatoms. The Morgan fingerprint density at radius 2 is 1.42 bits per heavy atom. The summed E-state index contributed by atoms with van der Waals surface area (Å²) < 4.78 is 5.84. The molecule has 0 bridgehead atoms. The lowest BCUT2D eigenvalue weighted by Crippen LogP contribution is -2.40. The third kappa shape index (κ3) is 5.56. The lowest BCUT2D eigenvalue weighted by atomic mass is 9.95. The smallest absolute Gasteiger partial charge is 0.310 e. The van der Waals surface area contributed by atoms with Crippen molar-refractivity contribution in [2.24, 2.45) is 11.8 Å². The molecule has 0 aromatic heterocycles. The lowest BCUT2D eigenvalue weighted by molar-refractivity contribution is -0.161. The van der Waals surface area contributed by atoms with Gasteiger partial charge < -0.3 is 4.74 Å². The maximum absolute atomic E-state index is 13.4. The molecule has 1 aliphatic heterocycles. The van der Waals surface area contributed by atoms with Gasteiger partial charge in [-0.2, -0.15) is 11.8 Å². The Kier molecular flexibility index (Phi) is 7.44. The van der Waals surface area contributed by atoms with Gasteiger partial charge in [-0.25, -0.2) is 0 Å². The highest BCUT2D eigenvalue weighted by Crippen LogP contribution is 2.43. The van der Waals surface area contributed by atoms with Crippen LogP contribution in [-0.4, -0.2) is 40.1 Å². The molecule has 0 unspecified atom stereocenters. The highest BCUT2D eigenvalue weighted by Gasteiger charge is 2.46. The molecule has 1 heterocycles. The zero-order valence-electron chi connectivity index (χ0n) is 22.1. The van der Waals surface area contributed by atoms with Gasteiger partial charge in [0.25, 0.3) is 11.8 Å². The molecule has 0 spiro atoms. The number of nitrogens with zero attached hydrogens (tertiary/aromatic N) is 1. The van der Waals surface area contributed by atoms with E-state index in [2.05, 4.69) is 36.4 Å². The van der Waals surface area contributed by atoms with Gasteiger partial charge in [0.15, 0.2) is 0 Å². The number of imide groups is 1. The quantitative estimate of drug-likeness (QED) is 0.255. The first kappa shape index (κ1) is 26.2. The largest absolute Gasteiger partial charge is 0.460 e. The molecule has 3 aromatic rings. The number of amides is 2. The van der Waals surface area contributed by atoms with Crippen LogP contribution >= 0.6 is 11.8 Å². The Hall–Kier alpha value is -3.38. The number of thioether (sulfide) groups is 1. The minimum atomic E-state index is -0.609. The molecule has 0 N–H and O–H groups in total. The average molecular weight is 528 g/mol. The highest BCUT2D eigenvalue weighted by atomic mass is 32.2. The van der Waals surface area contributed by atoms with Gasteiger partial charge in [-0.1, -0.05) is 66.7 Å². The summed E-state index contributed by atoms with van der Waals surface area (Å²) in [6.07, 6.45) is 1.60. The van der Waals surface area contributed by atoms with Crippen LogP contribution in [0.5, 0.6) is 0 Å². The standard InChI is InChI=1S/C32H33NO4S/c1-32(2,3)37-31(36)28-24(19-33-29(34)25-11-7-8-12-26(25)30(33)35)17-18-27(28)38-20-21-13-15-23(16-14-21)22-9-5-4-6-10-22/h4-16,24,27-28H,17-20H2,1-3H3/t24-,27-,28-/m0/s1. The van der Waals surface area contributed by atoms with E-state index in [9.17, 15) is 14.4 Å². The van der Waals surface area contributed by atoms with E-state index in [0.717, 1.165) is 18.6 Å². The van der Waals surface area contributed by atoms with E-state index in [1.54, 1.807) is 36.0 Å². The van der Waals surface area contributed by atoms with Gasteiger partial charge in [-0.3, -0.25) is 19.3 Å². The summed E-state index contributed by atoms with van der Waals surface area (Å²) >= 11 is 1.76. The SMILES string of the molecule is CC(C)(C)OC(=O)[C@H]1[C@H](CN2C(=O)c3ccccc3C2=O)CC[C@@H]1SCc1ccc(-c2ccccc2)cc1. The van der Waals surface area contributed by atoms with E-state index in [-0.39, 0.29) is 41.4 Å². The van der Waals surface area contributed by atoms with Crippen molar-refractivity contribution in [1.29, 1.82) is 0 Å². The van der Waals surface area contributed by atoms with E-state index in [1.807, 2.05) is 39.0 Å². The van der Waals surface area contributed by atoms with Crippen molar-refractivity contribution >= 4 is 29.5 Å². The maximum atomic E-state index is 13.4. The number of carbonyl (C=O) groups excluding carboxylic acids is 3. The molecule has 2 aliphatic rings. The maximum Gasteiger partial charge on any atom is 0.310 e. The molecule has 1 fully saturated rings. The van der Waals surface area contributed by atoms with Crippen LogP contribution in [0.25, 0.3) is 11.1 Å². The zero-order valence-corrected chi connectivity index (χ0v) is 22.9. The van der Waals surface area contributed by atoms with Crippen LogP contribution in [0.4, 0.5) is 0 Å². The number of rotatable bonds is 7. The molecule has 5 rings (SSSR count). The van der Waals surface area contributed by atoms with Crippen molar-refractivity contribution in [3.8, 4) is 11.1 Å².